The van der Waals surface area contributed by atoms with Crippen LogP contribution in [0.15, 0.2) is 72.9 Å². The second kappa shape index (κ2) is 28.2. The van der Waals surface area contributed by atoms with Gasteiger partial charge in [-0.2, -0.15) is 0 Å². The first kappa shape index (κ1) is 56.2. The molecule has 1 amide bonds. The Labute approximate surface area is 380 Å². The molecule has 0 bridgehead atoms. The number of esters is 1. The summed E-state index contributed by atoms with van der Waals surface area (Å²) in [5.74, 6) is -3.07. The molecule has 0 radical (unpaired) electrons. The molecule has 2 aliphatic heterocycles. The van der Waals surface area contributed by atoms with Crippen molar-refractivity contribution in [2.24, 2.45) is 17.8 Å². The number of ether oxygens (including phenoxy) is 3. The van der Waals surface area contributed by atoms with E-state index in [2.05, 4.69) is 67.7 Å². The zero-order chi connectivity index (χ0) is 47.3. The second-order valence-electron chi connectivity index (χ2n) is 18.6. The number of cyclic esters (lactones) is 1. The van der Waals surface area contributed by atoms with E-state index in [1.807, 2.05) is 37.9 Å². The van der Waals surface area contributed by atoms with Gasteiger partial charge in [-0.15, -0.1) is 0 Å². The van der Waals surface area contributed by atoms with Gasteiger partial charge in [0.15, 0.2) is 6.29 Å². The molecule has 0 aromatic rings. The monoisotopic (exact) mass is 887 g/mol. The van der Waals surface area contributed by atoms with Crippen LogP contribution in [0.2, 0.25) is 0 Å². The normalized spacial score (nSPS) is 36.2. The number of rotatable bonds is 18. The Hall–Kier alpha value is -2.94. The molecule has 2 aliphatic rings. The number of hydrogen-bond acceptors (Lipinski definition) is 11. The third-order valence-corrected chi connectivity index (χ3v) is 12.8. The van der Waals surface area contributed by atoms with Crippen molar-refractivity contribution >= 4 is 11.9 Å². The van der Waals surface area contributed by atoms with Crippen LogP contribution in [0.25, 0.3) is 0 Å². The molecular formula is C51H86N2O10. The minimum atomic E-state index is -1.79. The molecule has 2 heterocycles. The maximum atomic E-state index is 13.5. The Balaban J connectivity index is 2.08. The SMILES string of the molecule is CC/C=C\C/C=C\C/C=C\C/C=C\C/C=C\C/C=C\CCC(=O)N(C)[C@H]1C[C@@H](C)O[C@@H](O[C@@H]2[C@@H](C)[C@H](O)[C@@H](C)C(=O)O[C@H](CC)[C@@](C)(O)[C@H](O)[C@@H](C)N(C)C[C@H](C)C[C@@]2(C)O)[C@@H]1O. The van der Waals surface area contributed by atoms with Gasteiger partial charge in [-0.05, 0) is 112 Å². The van der Waals surface area contributed by atoms with Crippen LogP contribution in [-0.4, -0.2) is 134 Å². The van der Waals surface area contributed by atoms with Gasteiger partial charge in [0.05, 0.1) is 35.9 Å². The molecule has 0 spiro atoms. The van der Waals surface area contributed by atoms with Crippen LogP contribution in [0.4, 0.5) is 0 Å². The summed E-state index contributed by atoms with van der Waals surface area (Å²) in [4.78, 5) is 30.4. The van der Waals surface area contributed by atoms with Crippen molar-refractivity contribution < 1.29 is 49.3 Å². The Kier molecular flexibility index (Phi) is 25.1. The summed E-state index contributed by atoms with van der Waals surface area (Å²) in [6.45, 7) is 16.1. The first-order chi connectivity index (χ1) is 29.7. The van der Waals surface area contributed by atoms with E-state index in [0.717, 1.165) is 38.5 Å². The van der Waals surface area contributed by atoms with Gasteiger partial charge < -0.3 is 49.5 Å². The zero-order valence-electron chi connectivity index (χ0n) is 40.5. The topological polar surface area (TPSA) is 169 Å². The largest absolute Gasteiger partial charge is 0.459 e. The number of carbonyl (C=O) groups excluding carboxylic acids is 2. The molecule has 360 valence electrons. The van der Waals surface area contributed by atoms with Crippen molar-refractivity contribution in [1.82, 2.24) is 9.80 Å². The molecule has 0 unspecified atom stereocenters. The number of allylic oxidation sites excluding steroid dienone is 12. The molecule has 0 aliphatic carbocycles. The average Bonchev–Trinajstić information content (AvgIpc) is 3.23. The van der Waals surface area contributed by atoms with E-state index in [1.54, 1.807) is 39.6 Å². The lowest BCUT2D eigenvalue weighted by Crippen LogP contribution is -2.60. The van der Waals surface area contributed by atoms with Crippen molar-refractivity contribution in [3.05, 3.63) is 72.9 Å². The van der Waals surface area contributed by atoms with Crippen LogP contribution in [0.3, 0.4) is 0 Å². The van der Waals surface area contributed by atoms with Crippen molar-refractivity contribution in [1.29, 1.82) is 0 Å². The number of nitrogens with zero attached hydrogens (tertiary/aromatic N) is 2. The molecule has 0 aromatic carbocycles. The number of aliphatic hydroxyl groups excluding tert-OH is 3. The van der Waals surface area contributed by atoms with E-state index in [1.165, 1.54) is 13.8 Å². The van der Waals surface area contributed by atoms with Gasteiger partial charge in [-0.3, -0.25) is 9.59 Å². The fourth-order valence-corrected chi connectivity index (χ4v) is 8.82. The third kappa shape index (κ3) is 18.1. The highest BCUT2D eigenvalue weighted by Crippen LogP contribution is 2.37. The quantitative estimate of drug-likeness (QED) is 0.0690. The maximum absolute atomic E-state index is 13.5. The standard InChI is InChI=1S/C51H86N2O10/c1-12-14-15-16-17-18-19-20-21-22-23-24-25-26-27-28-29-30-31-32-43(54)53(11)41-33-37(4)61-49(45(41)56)63-47-38(5)44(55)39(6)48(58)62-42(13-2)51(9,60)46(57)40(7)52(10)35-36(3)34-50(47,8)59/h14-15,17-18,20-21,23-24,26-27,29-30,36-42,44-47,49,55-57,59-60H,12-13,16,19,22,25,28,31-35H2,1-11H3/b15-14-,18-17-,21-20-,24-23-,27-26-,30-29-/t36-,37-,38+,39-,40-,41+,42-,44+,45-,46-,47-,49+,50-,51-/m1/s1. The summed E-state index contributed by atoms with van der Waals surface area (Å²) in [5, 5.41) is 58.5. The van der Waals surface area contributed by atoms with E-state index >= 15 is 0 Å². The van der Waals surface area contributed by atoms with E-state index in [9.17, 15) is 35.1 Å². The molecule has 63 heavy (non-hydrogen) atoms. The predicted octanol–water partition coefficient (Wildman–Crippen LogP) is 7.35. The highest BCUT2D eigenvalue weighted by Gasteiger charge is 2.50. The highest BCUT2D eigenvalue weighted by atomic mass is 16.7. The lowest BCUT2D eigenvalue weighted by molar-refractivity contribution is -0.299. The first-order valence-electron chi connectivity index (χ1n) is 23.6. The fourth-order valence-electron chi connectivity index (χ4n) is 8.82. The average molecular weight is 887 g/mol. The summed E-state index contributed by atoms with van der Waals surface area (Å²) in [6.07, 6.45) is 25.0. The van der Waals surface area contributed by atoms with Crippen molar-refractivity contribution in [3.63, 3.8) is 0 Å². The van der Waals surface area contributed by atoms with E-state index in [4.69, 9.17) is 14.2 Å². The van der Waals surface area contributed by atoms with Gasteiger partial charge >= 0.3 is 5.97 Å². The smallest absolute Gasteiger partial charge is 0.311 e. The highest BCUT2D eigenvalue weighted by molar-refractivity contribution is 5.76. The Morgan fingerprint density at radius 3 is 1.84 bits per heavy atom. The summed E-state index contributed by atoms with van der Waals surface area (Å²) >= 11 is 0. The van der Waals surface area contributed by atoms with E-state index < -0.39 is 84.0 Å². The Morgan fingerprint density at radius 2 is 1.33 bits per heavy atom. The molecule has 0 aromatic heterocycles. The number of likely N-dealkylation sites (N-methyl/N-ethyl adjacent to an activating group) is 2. The number of aliphatic hydroxyl groups is 5. The van der Waals surface area contributed by atoms with Crippen LogP contribution in [0.5, 0.6) is 0 Å². The zero-order valence-corrected chi connectivity index (χ0v) is 40.5. The van der Waals surface area contributed by atoms with Gasteiger partial charge in [-0.1, -0.05) is 101 Å². The molecule has 2 saturated heterocycles. The Bertz CT molecular complexity index is 1520. The summed E-state index contributed by atoms with van der Waals surface area (Å²) in [7, 11) is 3.49. The van der Waals surface area contributed by atoms with Crippen molar-refractivity contribution in [3.8, 4) is 0 Å². The summed E-state index contributed by atoms with van der Waals surface area (Å²) in [6, 6.07) is -1.19. The van der Waals surface area contributed by atoms with Gasteiger partial charge in [0.1, 0.15) is 23.9 Å². The molecule has 0 saturated carbocycles. The first-order valence-corrected chi connectivity index (χ1v) is 23.6. The lowest BCUT2D eigenvalue weighted by Gasteiger charge is -2.47. The lowest BCUT2D eigenvalue weighted by atomic mass is 9.78. The van der Waals surface area contributed by atoms with E-state index in [-0.39, 0.29) is 31.1 Å². The molecule has 14 atom stereocenters. The van der Waals surface area contributed by atoms with Crippen LogP contribution >= 0.6 is 0 Å². The molecular weight excluding hydrogens is 801 g/mol. The van der Waals surface area contributed by atoms with Crippen LogP contribution in [0.1, 0.15) is 133 Å². The number of amides is 1. The maximum Gasteiger partial charge on any atom is 0.311 e. The Morgan fingerprint density at radius 1 is 0.825 bits per heavy atom. The molecule has 2 rings (SSSR count). The van der Waals surface area contributed by atoms with Crippen molar-refractivity contribution in [2.45, 2.75) is 199 Å². The molecule has 5 N–H and O–H groups in total. The van der Waals surface area contributed by atoms with Crippen LogP contribution in [0, 0.1) is 17.8 Å². The minimum absolute atomic E-state index is 0.134. The summed E-state index contributed by atoms with van der Waals surface area (Å²) in [5.41, 5.74) is -3.40. The van der Waals surface area contributed by atoms with Crippen LogP contribution in [-0.2, 0) is 23.8 Å². The number of carbonyl (C=O) groups is 2. The molecule has 12 nitrogen and oxygen atoms in total. The van der Waals surface area contributed by atoms with E-state index in [0.29, 0.717) is 19.4 Å². The summed E-state index contributed by atoms with van der Waals surface area (Å²) < 4.78 is 18.5. The predicted molar refractivity (Wildman–Crippen MR) is 251 cm³/mol. The van der Waals surface area contributed by atoms with Gasteiger partial charge in [0.25, 0.3) is 0 Å². The fraction of sp³-hybridized carbons (Fsp3) is 0.725. The third-order valence-electron chi connectivity index (χ3n) is 12.8. The molecule has 2 fully saturated rings. The van der Waals surface area contributed by atoms with Crippen molar-refractivity contribution in [2.75, 3.05) is 20.6 Å². The number of hydrogen-bond donors (Lipinski definition) is 5. The van der Waals surface area contributed by atoms with Crippen LogP contribution < -0.4 is 0 Å². The van der Waals surface area contributed by atoms with Gasteiger partial charge in [0.2, 0.25) is 5.91 Å². The minimum Gasteiger partial charge on any atom is -0.459 e. The second-order valence-corrected chi connectivity index (χ2v) is 18.6. The van der Waals surface area contributed by atoms with Gasteiger partial charge in [-0.25, -0.2) is 0 Å². The molecule has 12 heteroatoms. The van der Waals surface area contributed by atoms with Gasteiger partial charge in [0, 0.05) is 32.0 Å².